The van der Waals surface area contributed by atoms with E-state index in [9.17, 15) is 9.18 Å². The molecule has 0 atom stereocenters. The maximum absolute atomic E-state index is 12.8. The van der Waals surface area contributed by atoms with Gasteiger partial charge in [-0.3, -0.25) is 4.79 Å². The molecule has 0 aromatic heterocycles. The minimum Gasteiger partial charge on any atom is -0.493 e. The summed E-state index contributed by atoms with van der Waals surface area (Å²) in [7, 11) is 1.41. The lowest BCUT2D eigenvalue weighted by Gasteiger charge is -2.12. The van der Waals surface area contributed by atoms with E-state index in [1.54, 1.807) is 12.1 Å². The number of nitriles is 1. The molecule has 2 rings (SSSR count). The molecule has 0 unspecified atom stereocenters. The van der Waals surface area contributed by atoms with Crippen LogP contribution < -0.4 is 14.8 Å². The van der Waals surface area contributed by atoms with Crippen LogP contribution in [0.4, 0.5) is 4.39 Å². The van der Waals surface area contributed by atoms with E-state index in [4.69, 9.17) is 26.3 Å². The molecule has 0 saturated carbocycles. The molecule has 2 aromatic carbocycles. The van der Waals surface area contributed by atoms with Crippen LogP contribution in [0.25, 0.3) is 0 Å². The van der Waals surface area contributed by atoms with Crippen molar-refractivity contribution in [2.75, 3.05) is 13.7 Å². The highest BCUT2D eigenvalue weighted by Crippen LogP contribution is 2.36. The number of nitrogens with zero attached hydrogens (tertiary/aromatic N) is 1. The van der Waals surface area contributed by atoms with Crippen molar-refractivity contribution in [2.24, 2.45) is 0 Å². The Morgan fingerprint density at radius 2 is 2.04 bits per heavy atom. The van der Waals surface area contributed by atoms with Crippen LogP contribution in [0.5, 0.6) is 11.5 Å². The van der Waals surface area contributed by atoms with Crippen molar-refractivity contribution in [3.8, 4) is 17.6 Å². The number of hydrogen-bond acceptors (Lipinski definition) is 4. The normalized spacial score (nSPS) is 9.92. The average Bonchev–Trinajstić information content (AvgIpc) is 2.59. The Hall–Kier alpha value is -2.78. The molecule has 0 fully saturated rings. The van der Waals surface area contributed by atoms with Crippen LogP contribution >= 0.6 is 11.6 Å². The molecule has 0 aliphatic rings. The zero-order valence-electron chi connectivity index (χ0n) is 12.8. The summed E-state index contributed by atoms with van der Waals surface area (Å²) in [5.74, 6) is -0.252. The van der Waals surface area contributed by atoms with Gasteiger partial charge in [0.15, 0.2) is 18.1 Å². The first-order valence-corrected chi connectivity index (χ1v) is 7.33. The number of carbonyl (C=O) groups is 1. The number of rotatable bonds is 6. The van der Waals surface area contributed by atoms with Crippen LogP contribution in [-0.4, -0.2) is 19.6 Å². The van der Waals surface area contributed by atoms with Crippen LogP contribution in [0.3, 0.4) is 0 Å². The van der Waals surface area contributed by atoms with E-state index in [1.807, 2.05) is 6.07 Å². The summed E-state index contributed by atoms with van der Waals surface area (Å²) >= 11 is 6.04. The molecule has 1 N–H and O–H groups in total. The first kappa shape index (κ1) is 17.6. The van der Waals surface area contributed by atoms with Gasteiger partial charge in [-0.1, -0.05) is 23.7 Å². The fourth-order valence-corrected chi connectivity index (χ4v) is 2.18. The van der Waals surface area contributed by atoms with E-state index in [-0.39, 0.29) is 41.4 Å². The van der Waals surface area contributed by atoms with E-state index in [0.29, 0.717) is 5.56 Å². The Morgan fingerprint density at radius 1 is 1.33 bits per heavy atom. The highest BCUT2D eigenvalue weighted by molar-refractivity contribution is 6.32. The van der Waals surface area contributed by atoms with Gasteiger partial charge in [0.05, 0.1) is 23.8 Å². The van der Waals surface area contributed by atoms with Crippen molar-refractivity contribution in [1.29, 1.82) is 5.26 Å². The van der Waals surface area contributed by atoms with Crippen LogP contribution in [0.1, 0.15) is 11.1 Å². The Labute approximate surface area is 143 Å². The third-order valence-electron chi connectivity index (χ3n) is 3.11. The second-order valence-corrected chi connectivity index (χ2v) is 5.20. The minimum atomic E-state index is -0.373. The van der Waals surface area contributed by atoms with Gasteiger partial charge in [-0.25, -0.2) is 4.39 Å². The number of ether oxygens (including phenoxy) is 2. The maximum Gasteiger partial charge on any atom is 0.258 e. The van der Waals surface area contributed by atoms with Gasteiger partial charge >= 0.3 is 0 Å². The lowest BCUT2D eigenvalue weighted by molar-refractivity contribution is -0.123. The Morgan fingerprint density at radius 3 is 2.67 bits per heavy atom. The summed E-state index contributed by atoms with van der Waals surface area (Å²) in [6, 6.07) is 10.6. The number of methoxy groups -OCH3 is 1. The van der Waals surface area contributed by atoms with Gasteiger partial charge in [0.25, 0.3) is 5.91 Å². The molecule has 0 bridgehead atoms. The lowest BCUT2D eigenvalue weighted by Crippen LogP contribution is -2.28. The summed E-state index contributed by atoms with van der Waals surface area (Å²) in [4.78, 5) is 11.8. The Bertz CT molecular complexity index is 773. The number of carbonyl (C=O) groups excluding carboxylic acids is 1. The first-order valence-electron chi connectivity index (χ1n) is 6.95. The molecule has 7 heteroatoms. The van der Waals surface area contributed by atoms with Gasteiger partial charge in [0.2, 0.25) is 0 Å². The molecule has 2 aromatic rings. The first-order chi connectivity index (χ1) is 11.5. The maximum atomic E-state index is 12.8. The van der Waals surface area contributed by atoms with Crippen LogP contribution in [0.15, 0.2) is 36.4 Å². The number of hydrogen-bond donors (Lipinski definition) is 1. The molecule has 0 aliphatic heterocycles. The Balaban J connectivity index is 1.94. The van der Waals surface area contributed by atoms with Crippen molar-refractivity contribution in [2.45, 2.75) is 6.54 Å². The highest BCUT2D eigenvalue weighted by Gasteiger charge is 2.13. The van der Waals surface area contributed by atoms with E-state index < -0.39 is 0 Å². The van der Waals surface area contributed by atoms with Crippen LogP contribution in [-0.2, 0) is 11.3 Å². The molecule has 1 amide bonds. The SMILES string of the molecule is COc1cc(C#N)cc(Cl)c1OCC(=O)NCc1ccc(F)cc1. The van der Waals surface area contributed by atoms with Gasteiger partial charge < -0.3 is 14.8 Å². The minimum absolute atomic E-state index is 0.178. The molecular weight excluding hydrogens is 335 g/mol. The Kier molecular flexibility index (Phi) is 5.99. The van der Waals surface area contributed by atoms with E-state index in [1.165, 1.54) is 31.4 Å². The van der Waals surface area contributed by atoms with Crippen molar-refractivity contribution >= 4 is 17.5 Å². The van der Waals surface area contributed by atoms with E-state index in [0.717, 1.165) is 5.56 Å². The zero-order valence-corrected chi connectivity index (χ0v) is 13.6. The van der Waals surface area contributed by atoms with E-state index in [2.05, 4.69) is 5.32 Å². The quantitative estimate of drug-likeness (QED) is 0.871. The van der Waals surface area contributed by atoms with Gasteiger partial charge in [0.1, 0.15) is 5.82 Å². The third kappa shape index (κ3) is 4.61. The summed E-state index contributed by atoms with van der Waals surface area (Å²) < 4.78 is 23.3. The molecule has 124 valence electrons. The molecule has 0 radical (unpaired) electrons. The predicted octanol–water partition coefficient (Wildman–Crippen LogP) is 3.05. The van der Waals surface area contributed by atoms with Gasteiger partial charge in [-0.15, -0.1) is 0 Å². The topological polar surface area (TPSA) is 71.3 Å². The van der Waals surface area contributed by atoms with Crippen LogP contribution in [0.2, 0.25) is 5.02 Å². The van der Waals surface area contributed by atoms with Gasteiger partial charge in [-0.2, -0.15) is 5.26 Å². The average molecular weight is 349 g/mol. The molecule has 24 heavy (non-hydrogen) atoms. The second-order valence-electron chi connectivity index (χ2n) is 4.79. The van der Waals surface area contributed by atoms with Crippen molar-refractivity contribution < 1.29 is 18.7 Å². The smallest absolute Gasteiger partial charge is 0.258 e. The molecule has 0 heterocycles. The van der Waals surface area contributed by atoms with Gasteiger partial charge in [-0.05, 0) is 23.8 Å². The fraction of sp³-hybridized carbons (Fsp3) is 0.176. The standard InChI is InChI=1S/C17H14ClFN2O3/c1-23-15-7-12(8-20)6-14(18)17(15)24-10-16(22)21-9-11-2-4-13(19)5-3-11/h2-7H,9-10H2,1H3,(H,21,22). The zero-order chi connectivity index (χ0) is 17.5. The summed E-state index contributed by atoms with van der Waals surface area (Å²) in [5, 5.41) is 11.7. The highest BCUT2D eigenvalue weighted by atomic mass is 35.5. The van der Waals surface area contributed by atoms with E-state index >= 15 is 0 Å². The van der Waals surface area contributed by atoms with Crippen molar-refractivity contribution in [1.82, 2.24) is 5.32 Å². The third-order valence-corrected chi connectivity index (χ3v) is 3.39. The largest absolute Gasteiger partial charge is 0.493 e. The summed E-state index contributed by atoms with van der Waals surface area (Å²) in [6.07, 6.45) is 0. The lowest BCUT2D eigenvalue weighted by atomic mass is 10.2. The molecule has 0 spiro atoms. The monoisotopic (exact) mass is 348 g/mol. The summed E-state index contributed by atoms with van der Waals surface area (Å²) in [6.45, 7) is -0.0239. The second kappa shape index (κ2) is 8.18. The fourth-order valence-electron chi connectivity index (χ4n) is 1.92. The number of nitrogens with one attached hydrogen (secondary N) is 1. The van der Waals surface area contributed by atoms with Crippen molar-refractivity contribution in [3.63, 3.8) is 0 Å². The number of benzene rings is 2. The molecule has 5 nitrogen and oxygen atoms in total. The molecular formula is C17H14ClFN2O3. The summed E-state index contributed by atoms with van der Waals surface area (Å²) in [5.41, 5.74) is 1.09. The van der Waals surface area contributed by atoms with Crippen molar-refractivity contribution in [3.05, 3.63) is 58.4 Å². The molecule has 0 aliphatic carbocycles. The van der Waals surface area contributed by atoms with Crippen LogP contribution in [0, 0.1) is 17.1 Å². The van der Waals surface area contributed by atoms with Gasteiger partial charge in [0, 0.05) is 12.6 Å². The number of amides is 1. The predicted molar refractivity (Wildman–Crippen MR) is 86.5 cm³/mol. The number of halogens is 2. The molecule has 0 saturated heterocycles.